The van der Waals surface area contributed by atoms with Crippen molar-refractivity contribution in [3.8, 4) is 0 Å². The maximum Gasteiger partial charge on any atom is 0.306 e. The highest BCUT2D eigenvalue weighted by molar-refractivity contribution is 5.69. The first-order valence-corrected chi connectivity index (χ1v) is 16.2. The molecule has 232 valence electrons. The average molecular weight is 667 g/mol. The molecule has 0 radical (unpaired) electrons. The Morgan fingerprint density at radius 1 is 0.846 bits per heavy atom. The molecule has 0 aromatic carbocycles. The van der Waals surface area contributed by atoms with E-state index in [0.29, 0.717) is 19.6 Å². The van der Waals surface area contributed by atoms with Crippen LogP contribution >= 0.6 is 0 Å². The summed E-state index contributed by atoms with van der Waals surface area (Å²) in [4.78, 5) is 16.1. The molecule has 1 aliphatic heterocycles. The van der Waals surface area contributed by atoms with Crippen LogP contribution < -0.4 is 24.0 Å². The smallest absolute Gasteiger partial charge is 0.306 e. The van der Waals surface area contributed by atoms with Crippen LogP contribution in [0.5, 0.6) is 0 Å². The number of carboxylic acid groups (broad SMARTS) is 1. The summed E-state index contributed by atoms with van der Waals surface area (Å²) in [7, 11) is 2.18. The summed E-state index contributed by atoms with van der Waals surface area (Å²) < 4.78 is 13.0. The Morgan fingerprint density at radius 3 is 1.92 bits per heavy atom. The molecule has 0 spiro atoms. The fourth-order valence-electron chi connectivity index (χ4n) is 5.61. The molecule has 0 aromatic heterocycles. The number of aliphatic imine (C=N–C) groups is 1. The summed E-state index contributed by atoms with van der Waals surface area (Å²) in [6, 6.07) is 0. The minimum Gasteiger partial charge on any atom is -1.00 e. The van der Waals surface area contributed by atoms with Crippen LogP contribution in [0.1, 0.15) is 136 Å². The lowest BCUT2D eigenvalue weighted by Gasteiger charge is -2.26. The Balaban J connectivity index is 0.0000144. The van der Waals surface area contributed by atoms with E-state index >= 15 is 0 Å². The second kappa shape index (κ2) is 25.5. The zero-order valence-corrected chi connectivity index (χ0v) is 28.2. The number of quaternary nitrogens is 1. The highest BCUT2D eigenvalue weighted by Gasteiger charge is 2.25. The third-order valence-corrected chi connectivity index (χ3v) is 8.25. The van der Waals surface area contributed by atoms with Crippen molar-refractivity contribution in [1.82, 2.24) is 0 Å². The largest absolute Gasteiger partial charge is 1.00 e. The molecule has 7 heteroatoms. The van der Waals surface area contributed by atoms with Crippen LogP contribution in [-0.2, 0) is 14.3 Å². The predicted molar refractivity (Wildman–Crippen MR) is 160 cm³/mol. The number of aliphatic carboxylic acids is 1. The Hall–Kier alpha value is -0.250. The van der Waals surface area contributed by atoms with E-state index in [2.05, 4.69) is 25.9 Å². The van der Waals surface area contributed by atoms with E-state index in [9.17, 15) is 9.90 Å². The number of halogens is 1. The van der Waals surface area contributed by atoms with Crippen molar-refractivity contribution < 1.29 is 47.8 Å². The van der Waals surface area contributed by atoms with Gasteiger partial charge in [-0.05, 0) is 46.0 Å². The maximum atomic E-state index is 11.8. The van der Waals surface area contributed by atoms with E-state index in [1.165, 1.54) is 83.5 Å². The number of rotatable bonds is 27. The number of carbonyl (C=O) groups is 1. The van der Waals surface area contributed by atoms with Gasteiger partial charge in [0.25, 0.3) is 0 Å². The van der Waals surface area contributed by atoms with Crippen molar-refractivity contribution in [1.29, 1.82) is 0 Å². The average Bonchev–Trinajstić information content (AvgIpc) is 3.33. The Morgan fingerprint density at radius 2 is 1.41 bits per heavy atom. The number of unbranched alkanes of at least 4 members (excludes halogenated alkanes) is 12. The topological polar surface area (TPSA) is 68.1 Å². The molecule has 4 unspecified atom stereocenters. The van der Waals surface area contributed by atoms with Crippen LogP contribution in [0, 0.1) is 5.92 Å². The van der Waals surface area contributed by atoms with Gasteiger partial charge in [0.2, 0.25) is 0 Å². The molecule has 1 N–H and O–H groups in total. The first-order valence-electron chi connectivity index (χ1n) is 16.2. The number of hydrogen-bond acceptors (Lipinski definition) is 4. The first-order chi connectivity index (χ1) is 18.4. The second-order valence-corrected chi connectivity index (χ2v) is 11.9. The van der Waals surface area contributed by atoms with Gasteiger partial charge in [-0.25, -0.2) is 4.99 Å². The van der Waals surface area contributed by atoms with Gasteiger partial charge in [0.05, 0.1) is 38.3 Å². The molecule has 0 amide bonds. The third kappa shape index (κ3) is 20.3. The van der Waals surface area contributed by atoms with Crippen LogP contribution in [0.15, 0.2) is 4.99 Å². The van der Waals surface area contributed by atoms with Crippen molar-refractivity contribution in [2.45, 2.75) is 149 Å². The molecule has 4 atom stereocenters. The van der Waals surface area contributed by atoms with E-state index < -0.39 is 5.97 Å². The van der Waals surface area contributed by atoms with E-state index in [1.807, 2.05) is 13.3 Å². The summed E-state index contributed by atoms with van der Waals surface area (Å²) in [6.07, 6.45) is 24.0. The molecule has 1 rings (SSSR count). The lowest BCUT2D eigenvalue weighted by Crippen LogP contribution is -3.00. The Kier molecular flexibility index (Phi) is 25.3. The van der Waals surface area contributed by atoms with Crippen LogP contribution in [0.2, 0.25) is 0 Å². The van der Waals surface area contributed by atoms with Gasteiger partial charge in [-0.1, -0.05) is 90.4 Å². The normalized spacial score (nSPS) is 19.1. The molecule has 0 bridgehead atoms. The third-order valence-electron chi connectivity index (χ3n) is 8.25. The van der Waals surface area contributed by atoms with Crippen LogP contribution in [0.4, 0.5) is 0 Å². The van der Waals surface area contributed by atoms with Crippen molar-refractivity contribution in [2.75, 3.05) is 39.9 Å². The van der Waals surface area contributed by atoms with Crippen molar-refractivity contribution in [3.63, 3.8) is 0 Å². The fourth-order valence-corrected chi connectivity index (χ4v) is 5.61. The molecule has 1 heterocycles. The molecular formula is C32H63IN2O4. The van der Waals surface area contributed by atoms with E-state index in [-0.39, 0.29) is 42.1 Å². The summed E-state index contributed by atoms with van der Waals surface area (Å²) in [5, 5.41) is 9.69. The number of hydrogen-bond donors (Lipinski definition) is 1. The van der Waals surface area contributed by atoms with Gasteiger partial charge >= 0.3 is 5.97 Å². The van der Waals surface area contributed by atoms with E-state index in [1.54, 1.807) is 0 Å². The van der Waals surface area contributed by atoms with Crippen molar-refractivity contribution >= 4 is 12.3 Å². The molecular weight excluding hydrogens is 603 g/mol. The second-order valence-electron chi connectivity index (χ2n) is 11.9. The molecule has 0 aliphatic carbocycles. The van der Waals surface area contributed by atoms with Crippen molar-refractivity contribution in [3.05, 3.63) is 0 Å². The van der Waals surface area contributed by atoms with E-state index in [4.69, 9.17) is 9.47 Å². The van der Waals surface area contributed by atoms with Gasteiger partial charge in [0, 0.05) is 13.2 Å². The van der Waals surface area contributed by atoms with Crippen LogP contribution in [0.25, 0.3) is 0 Å². The molecule has 0 saturated carbocycles. The maximum absolute atomic E-state index is 11.8. The Bertz CT molecular complexity index is 607. The van der Waals surface area contributed by atoms with Gasteiger partial charge in [-0.3, -0.25) is 9.28 Å². The lowest BCUT2D eigenvalue weighted by atomic mass is 9.97. The standard InChI is InChI=1S/C32H62N2O4.HI/c1-5-7-8-9-10-11-12-13-14-15-16-17-18-23-31(29(3)37-6-2)38-27-20-22-30(32(35)36)21-19-25-34(4)26-24-33-28-34;/h28-31H,5-27H2,1-4H3;1H. The van der Waals surface area contributed by atoms with Crippen LogP contribution in [-0.4, -0.2) is 74.0 Å². The van der Waals surface area contributed by atoms with Gasteiger partial charge in [0.1, 0.15) is 6.54 Å². The summed E-state index contributed by atoms with van der Waals surface area (Å²) in [6.45, 7) is 10.6. The molecule has 39 heavy (non-hydrogen) atoms. The molecule has 1 aliphatic rings. The first kappa shape index (κ1) is 38.8. The highest BCUT2D eigenvalue weighted by atomic mass is 127. The quantitative estimate of drug-likeness (QED) is 0.0759. The number of ether oxygens (including phenoxy) is 2. The zero-order valence-electron chi connectivity index (χ0n) is 26.0. The number of carboxylic acids is 1. The highest BCUT2D eigenvalue weighted by Crippen LogP contribution is 2.19. The Labute approximate surface area is 258 Å². The molecule has 0 saturated heterocycles. The SMILES string of the molecule is CCCCCCCCCCCCCCCC(OCCCC(CCC[N+]1(C)C=NCC1)C(=O)O)C(C)OCC.[I-]. The minimum absolute atomic E-state index is 0. The van der Waals surface area contributed by atoms with Crippen molar-refractivity contribution in [2.24, 2.45) is 10.9 Å². The summed E-state index contributed by atoms with van der Waals surface area (Å²) >= 11 is 0. The molecule has 6 nitrogen and oxygen atoms in total. The fraction of sp³-hybridized carbons (Fsp3) is 0.938. The van der Waals surface area contributed by atoms with Crippen LogP contribution in [0.3, 0.4) is 0 Å². The predicted octanol–water partition coefficient (Wildman–Crippen LogP) is 5.03. The zero-order chi connectivity index (χ0) is 27.9. The van der Waals surface area contributed by atoms with E-state index in [0.717, 1.165) is 49.8 Å². The lowest BCUT2D eigenvalue weighted by molar-refractivity contribution is -0.807. The minimum atomic E-state index is -0.672. The van der Waals surface area contributed by atoms with Gasteiger partial charge < -0.3 is 38.6 Å². The summed E-state index contributed by atoms with van der Waals surface area (Å²) in [5.74, 6) is -0.956. The summed E-state index contributed by atoms with van der Waals surface area (Å²) in [5.41, 5.74) is 0. The molecule has 0 aromatic rings. The van der Waals surface area contributed by atoms with Gasteiger partial charge in [0.15, 0.2) is 6.34 Å². The molecule has 0 fully saturated rings. The number of nitrogens with zero attached hydrogens (tertiary/aromatic N) is 2. The number of likely N-dealkylation sites (N-methyl/N-ethyl adjacent to an activating group) is 1. The monoisotopic (exact) mass is 666 g/mol. The van der Waals surface area contributed by atoms with Gasteiger partial charge in [-0.15, -0.1) is 0 Å². The van der Waals surface area contributed by atoms with Gasteiger partial charge in [-0.2, -0.15) is 0 Å².